The summed E-state index contributed by atoms with van der Waals surface area (Å²) in [6.45, 7) is 9.27. The molecule has 1 amide bonds. The van der Waals surface area contributed by atoms with Crippen molar-refractivity contribution in [1.29, 1.82) is 0 Å². The van der Waals surface area contributed by atoms with Crippen LogP contribution in [0.2, 0.25) is 0 Å². The lowest BCUT2D eigenvalue weighted by atomic mass is 9.96. The molecule has 0 spiro atoms. The molecule has 2 unspecified atom stereocenters. The summed E-state index contributed by atoms with van der Waals surface area (Å²) in [7, 11) is 0. The maximum absolute atomic E-state index is 12.1. The molecule has 0 aliphatic heterocycles. The van der Waals surface area contributed by atoms with Gasteiger partial charge in [0.25, 0.3) is 0 Å². The highest BCUT2D eigenvalue weighted by Gasteiger charge is 2.25. The second kappa shape index (κ2) is 7.41. The van der Waals surface area contributed by atoms with Gasteiger partial charge >= 0.3 is 0 Å². The van der Waals surface area contributed by atoms with Crippen LogP contribution in [-0.4, -0.2) is 41.6 Å². The lowest BCUT2D eigenvalue weighted by Gasteiger charge is -2.28. The van der Waals surface area contributed by atoms with Crippen LogP contribution in [0.5, 0.6) is 0 Å². The van der Waals surface area contributed by atoms with E-state index >= 15 is 0 Å². The van der Waals surface area contributed by atoms with Gasteiger partial charge in [0.05, 0.1) is 11.6 Å². The van der Waals surface area contributed by atoms with Crippen molar-refractivity contribution in [3.05, 3.63) is 35.9 Å². The third kappa shape index (κ3) is 4.32. The second-order valence-corrected chi connectivity index (χ2v) is 5.25. The van der Waals surface area contributed by atoms with Crippen LogP contribution < -0.4 is 5.32 Å². The Bertz CT molecular complexity index is 414. The predicted molar refractivity (Wildman–Crippen MR) is 81.4 cm³/mol. The van der Waals surface area contributed by atoms with E-state index in [1.54, 1.807) is 11.8 Å². The third-order valence-corrected chi connectivity index (χ3v) is 3.59. The van der Waals surface area contributed by atoms with Crippen LogP contribution in [0.15, 0.2) is 30.3 Å². The van der Waals surface area contributed by atoms with Crippen molar-refractivity contribution < 1.29 is 9.90 Å². The minimum atomic E-state index is -0.987. The monoisotopic (exact) mass is 278 g/mol. The fourth-order valence-electron chi connectivity index (χ4n) is 2.15. The van der Waals surface area contributed by atoms with Crippen LogP contribution in [0.1, 0.15) is 33.3 Å². The topological polar surface area (TPSA) is 52.6 Å². The predicted octanol–water partition coefficient (Wildman–Crippen LogP) is 1.74. The van der Waals surface area contributed by atoms with Crippen molar-refractivity contribution in [1.82, 2.24) is 10.2 Å². The van der Waals surface area contributed by atoms with Crippen molar-refractivity contribution in [2.75, 3.05) is 19.6 Å². The quantitative estimate of drug-likeness (QED) is 0.799. The maximum atomic E-state index is 12.1. The van der Waals surface area contributed by atoms with Crippen LogP contribution in [0.3, 0.4) is 0 Å². The Morgan fingerprint density at radius 1 is 1.30 bits per heavy atom. The third-order valence-electron chi connectivity index (χ3n) is 3.59. The molecule has 0 fully saturated rings. The van der Waals surface area contributed by atoms with E-state index in [0.29, 0.717) is 19.6 Å². The molecule has 2 atom stereocenters. The number of nitrogens with zero attached hydrogens (tertiary/aromatic N) is 1. The van der Waals surface area contributed by atoms with E-state index in [2.05, 4.69) is 5.32 Å². The molecule has 2 N–H and O–H groups in total. The van der Waals surface area contributed by atoms with E-state index in [1.165, 1.54) is 0 Å². The van der Waals surface area contributed by atoms with E-state index in [4.69, 9.17) is 0 Å². The highest BCUT2D eigenvalue weighted by atomic mass is 16.3. The first-order chi connectivity index (χ1) is 9.42. The van der Waals surface area contributed by atoms with Crippen molar-refractivity contribution in [3.8, 4) is 0 Å². The highest BCUT2D eigenvalue weighted by molar-refractivity contribution is 5.81. The van der Waals surface area contributed by atoms with Crippen LogP contribution in [0.25, 0.3) is 0 Å². The molecular formula is C16H26N2O2. The zero-order valence-electron chi connectivity index (χ0n) is 12.9. The molecule has 0 saturated heterocycles. The molecule has 1 aromatic carbocycles. The van der Waals surface area contributed by atoms with Crippen molar-refractivity contribution in [2.24, 2.45) is 0 Å². The summed E-state index contributed by atoms with van der Waals surface area (Å²) in [6.07, 6.45) is 0. The van der Waals surface area contributed by atoms with Gasteiger partial charge in [0.2, 0.25) is 5.91 Å². The molecule has 20 heavy (non-hydrogen) atoms. The number of hydrogen-bond acceptors (Lipinski definition) is 3. The summed E-state index contributed by atoms with van der Waals surface area (Å²) in [5.41, 5.74) is -0.144. The lowest BCUT2D eigenvalue weighted by Crippen LogP contribution is -2.48. The minimum absolute atomic E-state index is 0.0684. The van der Waals surface area contributed by atoms with Gasteiger partial charge in [-0.15, -0.1) is 0 Å². The van der Waals surface area contributed by atoms with Gasteiger partial charge in [-0.3, -0.25) is 4.79 Å². The molecule has 0 bridgehead atoms. The van der Waals surface area contributed by atoms with Crippen LogP contribution >= 0.6 is 0 Å². The average Bonchev–Trinajstić information content (AvgIpc) is 2.47. The number of aliphatic hydroxyl groups is 1. The Labute approximate surface area is 121 Å². The van der Waals surface area contributed by atoms with Gasteiger partial charge in [0, 0.05) is 19.6 Å². The van der Waals surface area contributed by atoms with E-state index in [9.17, 15) is 9.90 Å². The summed E-state index contributed by atoms with van der Waals surface area (Å²) in [6, 6.07) is 9.18. The minimum Gasteiger partial charge on any atom is -0.384 e. The molecule has 1 rings (SSSR count). The summed E-state index contributed by atoms with van der Waals surface area (Å²) >= 11 is 0. The molecule has 0 saturated carbocycles. The number of rotatable bonds is 7. The Morgan fingerprint density at radius 3 is 2.35 bits per heavy atom. The number of carbonyl (C=O) groups is 1. The van der Waals surface area contributed by atoms with Crippen molar-refractivity contribution >= 4 is 5.91 Å². The molecule has 4 heteroatoms. The smallest absolute Gasteiger partial charge is 0.239 e. The van der Waals surface area contributed by atoms with E-state index < -0.39 is 5.60 Å². The molecule has 1 aromatic rings. The van der Waals surface area contributed by atoms with Gasteiger partial charge in [-0.2, -0.15) is 0 Å². The van der Waals surface area contributed by atoms with E-state index in [1.807, 2.05) is 51.1 Å². The summed E-state index contributed by atoms with van der Waals surface area (Å²) in [5.74, 6) is 0.0684. The first kappa shape index (κ1) is 16.7. The maximum Gasteiger partial charge on any atom is 0.239 e. The number of amides is 1. The summed E-state index contributed by atoms with van der Waals surface area (Å²) in [5, 5.41) is 13.6. The van der Waals surface area contributed by atoms with Crippen LogP contribution in [0.4, 0.5) is 0 Å². The van der Waals surface area contributed by atoms with Gasteiger partial charge in [-0.05, 0) is 33.3 Å². The van der Waals surface area contributed by atoms with Crippen LogP contribution in [-0.2, 0) is 10.4 Å². The van der Waals surface area contributed by atoms with Crippen LogP contribution in [0, 0.1) is 0 Å². The Balaban J connectivity index is 2.60. The molecule has 4 nitrogen and oxygen atoms in total. The van der Waals surface area contributed by atoms with Crippen molar-refractivity contribution in [2.45, 2.75) is 39.3 Å². The molecule has 0 heterocycles. The number of carbonyl (C=O) groups excluding carboxylic acids is 1. The first-order valence-electron chi connectivity index (χ1n) is 7.22. The second-order valence-electron chi connectivity index (χ2n) is 5.25. The number of likely N-dealkylation sites (N-methyl/N-ethyl adjacent to an activating group) is 1. The molecule has 0 aromatic heterocycles. The van der Waals surface area contributed by atoms with E-state index in [-0.39, 0.29) is 11.9 Å². The number of nitrogens with one attached hydrogen (secondary N) is 1. The van der Waals surface area contributed by atoms with Gasteiger partial charge in [0.15, 0.2) is 0 Å². The van der Waals surface area contributed by atoms with Gasteiger partial charge < -0.3 is 15.3 Å². The van der Waals surface area contributed by atoms with Gasteiger partial charge in [0.1, 0.15) is 0 Å². The lowest BCUT2D eigenvalue weighted by molar-refractivity contribution is -0.132. The Morgan fingerprint density at radius 2 is 1.85 bits per heavy atom. The number of benzene rings is 1. The SMILES string of the molecule is CCN(CC)C(=O)C(C)NCC(C)(O)c1ccccc1. The molecule has 0 aliphatic carbocycles. The van der Waals surface area contributed by atoms with Gasteiger partial charge in [-0.25, -0.2) is 0 Å². The normalized spacial score (nSPS) is 15.4. The molecular weight excluding hydrogens is 252 g/mol. The first-order valence-corrected chi connectivity index (χ1v) is 7.22. The van der Waals surface area contributed by atoms with Crippen molar-refractivity contribution in [3.63, 3.8) is 0 Å². The van der Waals surface area contributed by atoms with Gasteiger partial charge in [-0.1, -0.05) is 30.3 Å². The highest BCUT2D eigenvalue weighted by Crippen LogP contribution is 2.19. The average molecular weight is 278 g/mol. The molecule has 0 radical (unpaired) electrons. The zero-order chi connectivity index (χ0) is 15.2. The summed E-state index contributed by atoms with van der Waals surface area (Å²) in [4.78, 5) is 13.9. The Kier molecular flexibility index (Phi) is 6.17. The zero-order valence-corrected chi connectivity index (χ0v) is 12.9. The number of hydrogen-bond donors (Lipinski definition) is 2. The standard InChI is InChI=1S/C16H26N2O2/c1-5-18(6-2)15(19)13(3)17-12-16(4,20)14-10-8-7-9-11-14/h7-11,13,17,20H,5-6,12H2,1-4H3. The largest absolute Gasteiger partial charge is 0.384 e. The molecule has 0 aliphatic rings. The fraction of sp³-hybridized carbons (Fsp3) is 0.562. The summed E-state index contributed by atoms with van der Waals surface area (Å²) < 4.78 is 0. The van der Waals surface area contributed by atoms with E-state index in [0.717, 1.165) is 5.56 Å². The molecule has 112 valence electrons. The Hall–Kier alpha value is -1.39. The fourth-order valence-corrected chi connectivity index (χ4v) is 2.15.